The van der Waals surface area contributed by atoms with E-state index in [1.807, 2.05) is 36.4 Å². The molecule has 0 saturated heterocycles. The van der Waals surface area contributed by atoms with E-state index < -0.39 is 0 Å². The number of likely N-dealkylation sites (N-methyl/N-ethyl adjacent to an activating group) is 1. The summed E-state index contributed by atoms with van der Waals surface area (Å²) in [5, 5.41) is 6.36. The van der Waals surface area contributed by atoms with Crippen molar-refractivity contribution in [1.82, 2.24) is 10.6 Å². The molecule has 0 unspecified atom stereocenters. The predicted octanol–water partition coefficient (Wildman–Crippen LogP) is 4.32. The van der Waals surface area contributed by atoms with Crippen molar-refractivity contribution in [3.05, 3.63) is 71.3 Å². The third-order valence-corrected chi connectivity index (χ3v) is 5.52. The number of benzene rings is 2. The molecule has 5 heteroatoms. The van der Waals surface area contributed by atoms with E-state index in [-0.39, 0.29) is 5.91 Å². The maximum atomic E-state index is 12.8. The number of hydrogen-bond acceptors (Lipinski definition) is 4. The quantitative estimate of drug-likeness (QED) is 0.758. The van der Waals surface area contributed by atoms with E-state index in [4.69, 9.17) is 9.73 Å². The van der Waals surface area contributed by atoms with Gasteiger partial charge in [-0.15, -0.1) is 0 Å². The lowest BCUT2D eigenvalue weighted by Crippen LogP contribution is -2.32. The Kier molecular flexibility index (Phi) is 6.10. The minimum atomic E-state index is -0.0689. The summed E-state index contributed by atoms with van der Waals surface area (Å²) in [6, 6.07) is 14.2. The number of carbonyl (C=O) groups is 1. The van der Waals surface area contributed by atoms with Crippen molar-refractivity contribution in [2.24, 2.45) is 4.99 Å². The topological polar surface area (TPSA) is 62.7 Å². The van der Waals surface area contributed by atoms with Gasteiger partial charge in [-0.25, -0.2) is 4.99 Å². The van der Waals surface area contributed by atoms with Crippen LogP contribution in [0.5, 0.6) is 5.75 Å². The zero-order valence-electron chi connectivity index (χ0n) is 17.5. The average Bonchev–Trinajstić information content (AvgIpc) is 3.21. The van der Waals surface area contributed by atoms with Crippen LogP contribution in [0.2, 0.25) is 0 Å². The first-order valence-corrected chi connectivity index (χ1v) is 10.4. The van der Waals surface area contributed by atoms with Crippen LogP contribution in [0.15, 0.2) is 70.8 Å². The Hall–Kier alpha value is -3.18. The molecule has 4 rings (SSSR count). The molecule has 0 spiro atoms. The molecule has 0 fully saturated rings. The first-order chi connectivity index (χ1) is 14.7. The van der Waals surface area contributed by atoms with Gasteiger partial charge in [-0.3, -0.25) is 4.79 Å². The number of hydrogen-bond donors (Lipinski definition) is 2. The summed E-state index contributed by atoms with van der Waals surface area (Å²) in [5.74, 6) is 1.39. The Morgan fingerprint density at radius 2 is 1.93 bits per heavy atom. The van der Waals surface area contributed by atoms with Gasteiger partial charge < -0.3 is 15.4 Å². The highest BCUT2D eigenvalue weighted by molar-refractivity contribution is 6.10. The molecule has 2 N–H and O–H groups in total. The van der Waals surface area contributed by atoms with E-state index in [9.17, 15) is 4.79 Å². The highest BCUT2D eigenvalue weighted by Gasteiger charge is 2.24. The molecule has 1 aliphatic carbocycles. The van der Waals surface area contributed by atoms with Gasteiger partial charge in [-0.05, 0) is 37.1 Å². The third-order valence-electron chi connectivity index (χ3n) is 5.52. The Bertz CT molecular complexity index is 1040. The van der Waals surface area contributed by atoms with Crippen molar-refractivity contribution in [3.63, 3.8) is 0 Å². The zero-order chi connectivity index (χ0) is 20.9. The van der Waals surface area contributed by atoms with Crippen molar-refractivity contribution >= 4 is 17.4 Å². The number of fused-ring (bicyclic) bond motifs is 1. The summed E-state index contributed by atoms with van der Waals surface area (Å²) in [6.45, 7) is 3.92. The van der Waals surface area contributed by atoms with Crippen LogP contribution in [-0.2, 0) is 11.2 Å². The van der Waals surface area contributed by atoms with Gasteiger partial charge >= 0.3 is 0 Å². The number of carbonyl (C=O) groups excluding carboxylic acids is 1. The number of allylic oxidation sites excluding steroid dienone is 2. The van der Waals surface area contributed by atoms with Gasteiger partial charge in [0.25, 0.3) is 5.91 Å². The van der Waals surface area contributed by atoms with Crippen LogP contribution in [0.1, 0.15) is 25.3 Å². The zero-order valence-corrected chi connectivity index (χ0v) is 17.5. The normalized spacial score (nSPS) is 15.1. The summed E-state index contributed by atoms with van der Waals surface area (Å²) in [4.78, 5) is 17.6. The van der Waals surface area contributed by atoms with Gasteiger partial charge in [0.15, 0.2) is 0 Å². The molecule has 2 aliphatic rings. The first kappa shape index (κ1) is 20.1. The maximum Gasteiger partial charge on any atom is 0.252 e. The number of nitrogens with zero attached hydrogens (tertiary/aromatic N) is 1. The molecule has 0 atom stereocenters. The number of methoxy groups -OCH3 is 1. The standard InChI is InChI=1S/C25H27N3O2/c1-3-26-16-17-9-11-19(12-10-17)25(29)28-23-15-21-22(30-2)14-13-20(24(21)27-23)18-7-5-4-6-8-18/h4-9,11,13-14,26H,3,10,12,15-16H2,1-2H3,(H,27,28,29). The lowest BCUT2D eigenvalue weighted by atomic mass is 9.97. The summed E-state index contributed by atoms with van der Waals surface area (Å²) in [5.41, 5.74) is 6.16. The van der Waals surface area contributed by atoms with Crippen LogP contribution < -0.4 is 15.4 Å². The fourth-order valence-corrected chi connectivity index (χ4v) is 3.89. The molecular weight excluding hydrogens is 374 g/mol. The monoisotopic (exact) mass is 401 g/mol. The van der Waals surface area contributed by atoms with Gasteiger partial charge in [-0.1, -0.05) is 55.0 Å². The van der Waals surface area contributed by atoms with Gasteiger partial charge in [0, 0.05) is 29.7 Å². The van der Waals surface area contributed by atoms with Crippen molar-refractivity contribution in [3.8, 4) is 16.9 Å². The third kappa shape index (κ3) is 4.21. The van der Waals surface area contributed by atoms with Crippen LogP contribution in [0.3, 0.4) is 0 Å². The van der Waals surface area contributed by atoms with E-state index in [0.29, 0.717) is 12.3 Å². The van der Waals surface area contributed by atoms with Crippen molar-refractivity contribution in [1.29, 1.82) is 0 Å². The smallest absolute Gasteiger partial charge is 0.252 e. The van der Waals surface area contributed by atoms with Crippen LogP contribution >= 0.6 is 0 Å². The molecule has 154 valence electrons. The number of amidine groups is 1. The lowest BCUT2D eigenvalue weighted by Gasteiger charge is -2.15. The highest BCUT2D eigenvalue weighted by atomic mass is 16.5. The second-order valence-corrected chi connectivity index (χ2v) is 7.50. The fraction of sp³-hybridized carbons (Fsp3) is 0.280. The van der Waals surface area contributed by atoms with Crippen LogP contribution in [0.4, 0.5) is 5.69 Å². The van der Waals surface area contributed by atoms with Gasteiger partial charge in [0.2, 0.25) is 0 Å². The minimum absolute atomic E-state index is 0.0689. The molecule has 30 heavy (non-hydrogen) atoms. The van der Waals surface area contributed by atoms with Crippen LogP contribution in [0, 0.1) is 0 Å². The molecule has 1 amide bonds. The number of rotatable bonds is 6. The predicted molar refractivity (Wildman–Crippen MR) is 121 cm³/mol. The second-order valence-electron chi connectivity index (χ2n) is 7.50. The lowest BCUT2D eigenvalue weighted by molar-refractivity contribution is -0.116. The average molecular weight is 402 g/mol. The molecule has 1 heterocycles. The van der Waals surface area contributed by atoms with E-state index >= 15 is 0 Å². The SMILES string of the molecule is CCNCC1=CC=C(C(=O)NC2=Nc3c(-c4ccccc4)ccc(OC)c3C2)CC1. The first-order valence-electron chi connectivity index (χ1n) is 10.4. The molecule has 0 aromatic heterocycles. The van der Waals surface area contributed by atoms with Gasteiger partial charge in [-0.2, -0.15) is 0 Å². The summed E-state index contributed by atoms with van der Waals surface area (Å²) in [7, 11) is 1.67. The molecular formula is C25H27N3O2. The van der Waals surface area contributed by atoms with Gasteiger partial charge in [0.05, 0.1) is 12.8 Å². The maximum absolute atomic E-state index is 12.8. The van der Waals surface area contributed by atoms with Gasteiger partial charge in [0.1, 0.15) is 11.6 Å². The fourth-order valence-electron chi connectivity index (χ4n) is 3.89. The summed E-state index contributed by atoms with van der Waals surface area (Å²) >= 11 is 0. The largest absolute Gasteiger partial charge is 0.496 e. The van der Waals surface area contributed by atoms with E-state index in [1.165, 1.54) is 5.57 Å². The molecule has 5 nitrogen and oxygen atoms in total. The second kappa shape index (κ2) is 9.09. The molecule has 2 aromatic rings. The van der Waals surface area contributed by atoms with E-state index in [1.54, 1.807) is 7.11 Å². The van der Waals surface area contributed by atoms with Crippen molar-refractivity contribution in [2.75, 3.05) is 20.2 Å². The molecule has 2 aromatic carbocycles. The van der Waals surface area contributed by atoms with Crippen LogP contribution in [-0.4, -0.2) is 31.9 Å². The molecule has 0 bridgehead atoms. The Labute approximate surface area is 177 Å². The number of amides is 1. The molecule has 1 aliphatic heterocycles. The number of nitrogens with one attached hydrogen (secondary N) is 2. The number of aliphatic imine (C=N–C) groups is 1. The van der Waals surface area contributed by atoms with Crippen LogP contribution in [0.25, 0.3) is 11.1 Å². The van der Waals surface area contributed by atoms with E-state index in [2.05, 4.69) is 35.8 Å². The number of ether oxygens (including phenoxy) is 1. The Balaban J connectivity index is 1.54. The van der Waals surface area contributed by atoms with Crippen molar-refractivity contribution < 1.29 is 9.53 Å². The molecule has 0 saturated carbocycles. The Morgan fingerprint density at radius 1 is 1.10 bits per heavy atom. The Morgan fingerprint density at radius 3 is 2.63 bits per heavy atom. The highest BCUT2D eigenvalue weighted by Crippen LogP contribution is 2.42. The summed E-state index contributed by atoms with van der Waals surface area (Å²) in [6.07, 6.45) is 6.21. The van der Waals surface area contributed by atoms with E-state index in [0.717, 1.165) is 59.6 Å². The summed E-state index contributed by atoms with van der Waals surface area (Å²) < 4.78 is 5.55. The minimum Gasteiger partial charge on any atom is -0.496 e. The molecule has 0 radical (unpaired) electrons. The van der Waals surface area contributed by atoms with Crippen molar-refractivity contribution in [2.45, 2.75) is 26.2 Å².